The molecule has 1 aromatic carbocycles. The third-order valence-corrected chi connectivity index (χ3v) is 5.62. The molecule has 0 saturated heterocycles. The summed E-state index contributed by atoms with van der Waals surface area (Å²) in [4.78, 5) is 1.38. The van der Waals surface area contributed by atoms with Gasteiger partial charge >= 0.3 is 0 Å². The van der Waals surface area contributed by atoms with Gasteiger partial charge < -0.3 is 5.32 Å². The molecule has 1 nitrogen and oxygen atoms in total. The Morgan fingerprint density at radius 1 is 1.11 bits per heavy atom. The molecule has 2 aromatic heterocycles. The molecule has 3 rings (SSSR count). The van der Waals surface area contributed by atoms with Gasteiger partial charge in [0, 0.05) is 18.7 Å². The highest BCUT2D eigenvalue weighted by atomic mass is 79.9. The molecule has 0 fully saturated rings. The fraction of sp³-hybridized carbons (Fsp3) is 0.143. The Morgan fingerprint density at radius 2 is 1.89 bits per heavy atom. The average Bonchev–Trinajstić information content (AvgIpc) is 2.93. The molecule has 0 aliphatic heterocycles. The van der Waals surface area contributed by atoms with Crippen molar-refractivity contribution in [2.24, 2.45) is 0 Å². The number of halogens is 1. The van der Waals surface area contributed by atoms with Gasteiger partial charge in [-0.3, -0.25) is 0 Å². The minimum absolute atomic E-state index is 0.280. The van der Waals surface area contributed by atoms with Gasteiger partial charge in [-0.2, -0.15) is 0 Å². The number of hydrogen-bond donors (Lipinski definition) is 1. The quantitative estimate of drug-likeness (QED) is 0.706. The van der Waals surface area contributed by atoms with E-state index in [2.05, 4.69) is 63.0 Å². The third kappa shape index (κ3) is 2.26. The Kier molecular flexibility index (Phi) is 3.52. The molecule has 92 valence electrons. The standard InChI is InChI=1S/C14H12BrNS2/c1-16-14(9-2-4-10(15)5-3-9)13-8-12-11(18-13)6-7-17-12/h2-8,14,16H,1H3. The third-order valence-electron chi connectivity index (χ3n) is 2.93. The van der Waals surface area contributed by atoms with Crippen LogP contribution >= 0.6 is 38.6 Å². The van der Waals surface area contributed by atoms with E-state index in [9.17, 15) is 0 Å². The van der Waals surface area contributed by atoms with Crippen molar-refractivity contribution in [2.75, 3.05) is 7.05 Å². The lowest BCUT2D eigenvalue weighted by molar-refractivity contribution is 0.704. The second-order valence-electron chi connectivity index (χ2n) is 4.07. The molecule has 1 atom stereocenters. The van der Waals surface area contributed by atoms with E-state index in [0.717, 1.165) is 4.47 Å². The van der Waals surface area contributed by atoms with Gasteiger partial charge in [-0.05, 0) is 42.3 Å². The number of fused-ring (bicyclic) bond motifs is 1. The van der Waals surface area contributed by atoms with Gasteiger partial charge in [0.05, 0.1) is 6.04 Å². The van der Waals surface area contributed by atoms with Gasteiger partial charge in [-0.1, -0.05) is 28.1 Å². The summed E-state index contributed by atoms with van der Waals surface area (Å²) in [6, 6.07) is 13.3. The number of rotatable bonds is 3. The van der Waals surface area contributed by atoms with Crippen molar-refractivity contribution in [3.05, 3.63) is 56.7 Å². The van der Waals surface area contributed by atoms with Crippen LogP contribution in [0.4, 0.5) is 0 Å². The Morgan fingerprint density at radius 3 is 2.56 bits per heavy atom. The van der Waals surface area contributed by atoms with Crippen LogP contribution in [0.3, 0.4) is 0 Å². The van der Waals surface area contributed by atoms with Crippen LogP contribution in [0.15, 0.2) is 46.3 Å². The van der Waals surface area contributed by atoms with Crippen LogP contribution in [-0.2, 0) is 0 Å². The van der Waals surface area contributed by atoms with Gasteiger partial charge in [-0.15, -0.1) is 22.7 Å². The van der Waals surface area contributed by atoms with Crippen LogP contribution in [0.25, 0.3) is 9.40 Å². The van der Waals surface area contributed by atoms with Crippen molar-refractivity contribution in [3.63, 3.8) is 0 Å². The Balaban J connectivity index is 2.01. The molecule has 0 radical (unpaired) electrons. The van der Waals surface area contributed by atoms with Gasteiger partial charge in [0.1, 0.15) is 0 Å². The van der Waals surface area contributed by atoms with Gasteiger partial charge in [0.15, 0.2) is 0 Å². The summed E-state index contributed by atoms with van der Waals surface area (Å²) in [6.07, 6.45) is 0. The zero-order valence-electron chi connectivity index (χ0n) is 9.81. The molecule has 0 aliphatic carbocycles. The van der Waals surface area contributed by atoms with Crippen molar-refractivity contribution in [3.8, 4) is 0 Å². The van der Waals surface area contributed by atoms with Gasteiger partial charge in [0.2, 0.25) is 0 Å². The maximum atomic E-state index is 3.48. The summed E-state index contributed by atoms with van der Waals surface area (Å²) in [7, 11) is 2.01. The summed E-state index contributed by atoms with van der Waals surface area (Å²) < 4.78 is 3.88. The van der Waals surface area contributed by atoms with E-state index >= 15 is 0 Å². The Labute approximate surface area is 123 Å². The topological polar surface area (TPSA) is 12.0 Å². The average molecular weight is 338 g/mol. The molecule has 0 bridgehead atoms. The first-order chi connectivity index (χ1) is 8.78. The molecule has 0 amide bonds. The van der Waals surface area contributed by atoms with Gasteiger partial charge in [0.25, 0.3) is 0 Å². The van der Waals surface area contributed by atoms with Crippen LogP contribution in [-0.4, -0.2) is 7.05 Å². The highest BCUT2D eigenvalue weighted by Gasteiger charge is 2.15. The maximum Gasteiger partial charge on any atom is 0.0669 e. The minimum atomic E-state index is 0.280. The van der Waals surface area contributed by atoms with E-state index in [0.29, 0.717) is 0 Å². The first-order valence-electron chi connectivity index (χ1n) is 5.67. The monoisotopic (exact) mass is 337 g/mol. The summed E-state index contributed by atoms with van der Waals surface area (Å²) in [6.45, 7) is 0. The van der Waals surface area contributed by atoms with Crippen LogP contribution < -0.4 is 5.32 Å². The molecule has 0 spiro atoms. The maximum absolute atomic E-state index is 3.48. The van der Waals surface area contributed by atoms with E-state index in [1.54, 1.807) is 0 Å². The second kappa shape index (κ2) is 5.13. The van der Waals surface area contributed by atoms with Crippen LogP contribution in [0.1, 0.15) is 16.5 Å². The number of hydrogen-bond acceptors (Lipinski definition) is 3. The fourth-order valence-electron chi connectivity index (χ4n) is 2.06. The van der Waals surface area contributed by atoms with E-state index < -0.39 is 0 Å². The molecule has 0 aliphatic rings. The molecular weight excluding hydrogens is 326 g/mol. The summed E-state index contributed by atoms with van der Waals surface area (Å²) in [5.41, 5.74) is 1.30. The summed E-state index contributed by atoms with van der Waals surface area (Å²) in [5, 5.41) is 5.56. The molecule has 1 N–H and O–H groups in total. The molecule has 2 heterocycles. The SMILES string of the molecule is CNC(c1ccc(Br)cc1)c1cc2sccc2s1. The summed E-state index contributed by atoms with van der Waals surface area (Å²) in [5.74, 6) is 0. The van der Waals surface area contributed by atoms with Crippen molar-refractivity contribution >= 4 is 48.0 Å². The van der Waals surface area contributed by atoms with E-state index in [4.69, 9.17) is 0 Å². The zero-order chi connectivity index (χ0) is 12.5. The highest BCUT2D eigenvalue weighted by Crippen LogP contribution is 2.35. The van der Waals surface area contributed by atoms with Gasteiger partial charge in [-0.25, -0.2) is 0 Å². The number of nitrogens with one attached hydrogen (secondary N) is 1. The lowest BCUT2D eigenvalue weighted by Gasteiger charge is -2.14. The van der Waals surface area contributed by atoms with Crippen LogP contribution in [0, 0.1) is 0 Å². The fourth-order valence-corrected chi connectivity index (χ4v) is 4.58. The lowest BCUT2D eigenvalue weighted by atomic mass is 10.1. The predicted octanol–water partition coefficient (Wildman–Crippen LogP) is 5.03. The van der Waals surface area contributed by atoms with Crippen molar-refractivity contribution in [1.82, 2.24) is 5.32 Å². The summed E-state index contributed by atoms with van der Waals surface area (Å²) >= 11 is 7.16. The minimum Gasteiger partial charge on any atom is -0.309 e. The van der Waals surface area contributed by atoms with Crippen molar-refractivity contribution in [1.29, 1.82) is 0 Å². The highest BCUT2D eigenvalue weighted by molar-refractivity contribution is 9.10. The second-order valence-corrected chi connectivity index (χ2v) is 7.05. The predicted molar refractivity (Wildman–Crippen MR) is 84.7 cm³/mol. The van der Waals surface area contributed by atoms with Crippen LogP contribution in [0.5, 0.6) is 0 Å². The van der Waals surface area contributed by atoms with Crippen LogP contribution in [0.2, 0.25) is 0 Å². The molecule has 0 saturated carbocycles. The van der Waals surface area contributed by atoms with E-state index in [1.165, 1.54) is 19.8 Å². The van der Waals surface area contributed by atoms with E-state index in [-0.39, 0.29) is 6.04 Å². The van der Waals surface area contributed by atoms with Crippen molar-refractivity contribution < 1.29 is 0 Å². The first-order valence-corrected chi connectivity index (χ1v) is 8.16. The first kappa shape index (κ1) is 12.4. The van der Waals surface area contributed by atoms with Crippen molar-refractivity contribution in [2.45, 2.75) is 6.04 Å². The molecule has 1 unspecified atom stereocenters. The molecular formula is C14H12BrNS2. The molecule has 4 heteroatoms. The lowest BCUT2D eigenvalue weighted by Crippen LogP contribution is -2.16. The Hall–Kier alpha value is -0.680. The number of thiophene rings is 2. The number of benzene rings is 1. The molecule has 3 aromatic rings. The largest absolute Gasteiger partial charge is 0.309 e. The zero-order valence-corrected chi connectivity index (χ0v) is 13.0. The molecule has 18 heavy (non-hydrogen) atoms. The van der Waals surface area contributed by atoms with E-state index in [1.807, 2.05) is 29.7 Å². The Bertz CT molecular complexity index is 625. The smallest absolute Gasteiger partial charge is 0.0669 e. The normalized spacial score (nSPS) is 13.0.